The van der Waals surface area contributed by atoms with Crippen LogP contribution >= 0.6 is 11.8 Å². The van der Waals surface area contributed by atoms with Gasteiger partial charge in [0.05, 0.1) is 34.4 Å². The number of hydrogen-bond acceptors (Lipinski definition) is 6. The van der Waals surface area contributed by atoms with Gasteiger partial charge in [0.1, 0.15) is 0 Å². The molecule has 1 aromatic carbocycles. The van der Waals surface area contributed by atoms with E-state index in [1.165, 1.54) is 16.1 Å². The number of carbonyl (C=O) groups excluding carboxylic acids is 1. The number of rotatable bonds is 8. The van der Waals surface area contributed by atoms with Crippen molar-refractivity contribution in [2.45, 2.75) is 49.5 Å². The van der Waals surface area contributed by atoms with Crippen LogP contribution in [0.25, 0.3) is 11.0 Å². The first-order valence-corrected chi connectivity index (χ1v) is 12.6. The van der Waals surface area contributed by atoms with Gasteiger partial charge in [0.2, 0.25) is 15.9 Å². The molecule has 0 bridgehead atoms. The summed E-state index contributed by atoms with van der Waals surface area (Å²) in [6.45, 7) is 10.8. The van der Waals surface area contributed by atoms with E-state index >= 15 is 0 Å². The molecule has 1 unspecified atom stereocenters. The molecule has 1 amide bonds. The Morgan fingerprint density at radius 2 is 1.97 bits per heavy atom. The van der Waals surface area contributed by atoms with Crippen LogP contribution in [0.2, 0.25) is 0 Å². The molecule has 1 atom stereocenters. The molecule has 1 fully saturated rings. The summed E-state index contributed by atoms with van der Waals surface area (Å²) < 4.78 is 34.7. The fourth-order valence-electron chi connectivity index (χ4n) is 3.24. The first kappa shape index (κ1) is 23.1. The number of sulfonamides is 1. The van der Waals surface area contributed by atoms with Gasteiger partial charge in [0.15, 0.2) is 5.16 Å². The SMILES string of the molecule is CCn1c(SC(C)C(=O)NCC(C)C)nc2cc(S(=O)(=O)N3CCOCC3)ccc21. The Morgan fingerprint density at radius 1 is 1.27 bits per heavy atom. The minimum Gasteiger partial charge on any atom is -0.379 e. The Bertz CT molecular complexity index is 998. The van der Waals surface area contributed by atoms with Gasteiger partial charge in [-0.3, -0.25) is 4.79 Å². The number of amides is 1. The summed E-state index contributed by atoms with van der Waals surface area (Å²) >= 11 is 1.39. The Hall–Kier alpha value is -1.62. The molecule has 0 radical (unpaired) electrons. The third-order valence-corrected chi connectivity index (χ3v) is 7.93. The van der Waals surface area contributed by atoms with Crippen molar-refractivity contribution in [3.8, 4) is 0 Å². The van der Waals surface area contributed by atoms with Crippen LogP contribution in [-0.4, -0.2) is 66.3 Å². The second-order valence-corrected chi connectivity index (χ2v) is 11.0. The normalized spacial score (nSPS) is 16.8. The molecule has 1 N–H and O–H groups in total. The Kier molecular flexibility index (Phi) is 7.43. The van der Waals surface area contributed by atoms with E-state index in [0.29, 0.717) is 56.0 Å². The number of benzene rings is 1. The van der Waals surface area contributed by atoms with Gasteiger partial charge in [-0.05, 0) is 38.0 Å². The molecular formula is C20H30N4O4S2. The summed E-state index contributed by atoms with van der Waals surface area (Å²) in [5.74, 6) is 0.359. The molecule has 0 saturated carbocycles. The fourth-order valence-corrected chi connectivity index (χ4v) is 5.68. The van der Waals surface area contributed by atoms with Crippen LogP contribution in [-0.2, 0) is 26.1 Å². The smallest absolute Gasteiger partial charge is 0.243 e. The largest absolute Gasteiger partial charge is 0.379 e. The molecule has 166 valence electrons. The second-order valence-electron chi connectivity index (χ2n) is 7.70. The molecule has 1 aromatic heterocycles. The molecule has 2 heterocycles. The van der Waals surface area contributed by atoms with Crippen molar-refractivity contribution in [3.63, 3.8) is 0 Å². The van der Waals surface area contributed by atoms with Crippen LogP contribution in [0.15, 0.2) is 28.3 Å². The highest BCUT2D eigenvalue weighted by molar-refractivity contribution is 8.00. The molecule has 1 saturated heterocycles. The Morgan fingerprint density at radius 3 is 2.60 bits per heavy atom. The minimum absolute atomic E-state index is 0.0287. The van der Waals surface area contributed by atoms with Crippen LogP contribution in [0, 0.1) is 5.92 Å². The molecule has 2 aromatic rings. The van der Waals surface area contributed by atoms with Crippen LogP contribution in [0.5, 0.6) is 0 Å². The van der Waals surface area contributed by atoms with Crippen molar-refractivity contribution in [1.82, 2.24) is 19.2 Å². The maximum Gasteiger partial charge on any atom is 0.243 e. The maximum atomic E-state index is 13.0. The zero-order valence-corrected chi connectivity index (χ0v) is 19.6. The van der Waals surface area contributed by atoms with E-state index in [1.54, 1.807) is 18.2 Å². The predicted molar refractivity (Wildman–Crippen MR) is 118 cm³/mol. The lowest BCUT2D eigenvalue weighted by atomic mass is 10.2. The summed E-state index contributed by atoms with van der Waals surface area (Å²) in [5, 5.41) is 3.35. The number of nitrogens with one attached hydrogen (secondary N) is 1. The van der Waals surface area contributed by atoms with Crippen LogP contribution < -0.4 is 5.32 Å². The number of fused-ring (bicyclic) bond motifs is 1. The van der Waals surface area contributed by atoms with Crippen molar-refractivity contribution in [2.24, 2.45) is 5.92 Å². The number of hydrogen-bond donors (Lipinski definition) is 1. The number of thioether (sulfide) groups is 1. The molecule has 0 spiro atoms. The molecule has 1 aliphatic rings. The lowest BCUT2D eigenvalue weighted by Crippen LogP contribution is -2.40. The number of aromatic nitrogens is 2. The molecular weight excluding hydrogens is 424 g/mol. The molecule has 1 aliphatic heterocycles. The van der Waals surface area contributed by atoms with Gasteiger partial charge in [0, 0.05) is 26.2 Å². The summed E-state index contributed by atoms with van der Waals surface area (Å²) in [6, 6.07) is 5.06. The summed E-state index contributed by atoms with van der Waals surface area (Å²) in [7, 11) is -3.58. The lowest BCUT2D eigenvalue weighted by Gasteiger charge is -2.26. The number of carbonyl (C=O) groups is 1. The molecule has 10 heteroatoms. The Balaban J connectivity index is 1.86. The zero-order chi connectivity index (χ0) is 21.9. The summed E-state index contributed by atoms with van der Waals surface area (Å²) in [6.07, 6.45) is 0. The van der Waals surface area contributed by atoms with Gasteiger partial charge in [-0.15, -0.1) is 0 Å². The van der Waals surface area contributed by atoms with E-state index in [4.69, 9.17) is 4.74 Å². The van der Waals surface area contributed by atoms with E-state index in [1.807, 2.05) is 18.4 Å². The predicted octanol–water partition coefficient (Wildman–Crippen LogP) is 2.33. The molecule has 8 nitrogen and oxygen atoms in total. The van der Waals surface area contributed by atoms with E-state index in [0.717, 1.165) is 5.52 Å². The monoisotopic (exact) mass is 454 g/mol. The van der Waals surface area contributed by atoms with Gasteiger partial charge in [-0.2, -0.15) is 4.31 Å². The maximum absolute atomic E-state index is 13.0. The quantitative estimate of drug-likeness (QED) is 0.616. The van der Waals surface area contributed by atoms with Crippen LogP contribution in [0.4, 0.5) is 0 Å². The van der Waals surface area contributed by atoms with E-state index < -0.39 is 10.0 Å². The first-order valence-electron chi connectivity index (χ1n) is 10.3. The summed E-state index contributed by atoms with van der Waals surface area (Å²) in [4.78, 5) is 17.3. The number of morpholine rings is 1. The van der Waals surface area contributed by atoms with E-state index in [9.17, 15) is 13.2 Å². The zero-order valence-electron chi connectivity index (χ0n) is 17.9. The van der Waals surface area contributed by atoms with Gasteiger partial charge in [0.25, 0.3) is 0 Å². The van der Waals surface area contributed by atoms with E-state index in [2.05, 4.69) is 24.1 Å². The van der Waals surface area contributed by atoms with Crippen molar-refractivity contribution in [3.05, 3.63) is 18.2 Å². The number of nitrogens with zero attached hydrogens (tertiary/aromatic N) is 3. The van der Waals surface area contributed by atoms with Crippen molar-refractivity contribution < 1.29 is 17.9 Å². The standard InChI is InChI=1S/C20H30N4O4S2/c1-5-24-18-7-6-16(30(26,27)23-8-10-28-11-9-23)12-17(18)22-20(24)29-15(4)19(25)21-13-14(2)3/h6-7,12,14-15H,5,8-11,13H2,1-4H3,(H,21,25). The average molecular weight is 455 g/mol. The fraction of sp³-hybridized carbons (Fsp3) is 0.600. The lowest BCUT2D eigenvalue weighted by molar-refractivity contribution is -0.120. The first-order chi connectivity index (χ1) is 14.2. The van der Waals surface area contributed by atoms with Gasteiger partial charge in [-0.25, -0.2) is 13.4 Å². The highest BCUT2D eigenvalue weighted by Crippen LogP contribution is 2.29. The number of aryl methyl sites for hydroxylation is 1. The van der Waals surface area contributed by atoms with Gasteiger partial charge < -0.3 is 14.6 Å². The third kappa shape index (κ3) is 4.99. The van der Waals surface area contributed by atoms with Crippen molar-refractivity contribution in [1.29, 1.82) is 0 Å². The molecule has 30 heavy (non-hydrogen) atoms. The van der Waals surface area contributed by atoms with Gasteiger partial charge >= 0.3 is 0 Å². The van der Waals surface area contributed by atoms with Crippen molar-refractivity contribution >= 4 is 38.7 Å². The summed E-state index contributed by atoms with van der Waals surface area (Å²) in [5.41, 5.74) is 1.47. The minimum atomic E-state index is -3.58. The average Bonchev–Trinajstić information content (AvgIpc) is 3.08. The van der Waals surface area contributed by atoms with Crippen molar-refractivity contribution in [2.75, 3.05) is 32.8 Å². The van der Waals surface area contributed by atoms with Crippen LogP contribution in [0.1, 0.15) is 27.7 Å². The van der Waals surface area contributed by atoms with Crippen LogP contribution in [0.3, 0.4) is 0 Å². The second kappa shape index (κ2) is 9.67. The third-order valence-electron chi connectivity index (χ3n) is 4.94. The molecule has 3 rings (SSSR count). The Labute approximate surface area is 182 Å². The van der Waals surface area contributed by atoms with E-state index in [-0.39, 0.29) is 16.1 Å². The molecule has 0 aliphatic carbocycles. The highest BCUT2D eigenvalue weighted by Gasteiger charge is 2.27. The number of imidazole rings is 1. The highest BCUT2D eigenvalue weighted by atomic mass is 32.2. The van der Waals surface area contributed by atoms with Gasteiger partial charge in [-0.1, -0.05) is 25.6 Å². The number of ether oxygens (including phenoxy) is 1. The topological polar surface area (TPSA) is 93.5 Å².